The van der Waals surface area contributed by atoms with Gasteiger partial charge in [0.15, 0.2) is 0 Å². The summed E-state index contributed by atoms with van der Waals surface area (Å²) >= 11 is 0. The van der Waals surface area contributed by atoms with Gasteiger partial charge in [-0.2, -0.15) is 0 Å². The second kappa shape index (κ2) is 7.59. The first-order chi connectivity index (χ1) is 10.2. The monoisotopic (exact) mass is 292 g/mol. The number of likely N-dealkylation sites (N-methyl/N-ethyl adjacent to an activating group) is 1. The van der Waals surface area contributed by atoms with Crippen LogP contribution in [0, 0.1) is 13.8 Å². The van der Waals surface area contributed by atoms with E-state index < -0.39 is 0 Å². The Morgan fingerprint density at radius 2 is 2.10 bits per heavy atom. The fraction of sp³-hybridized carbons (Fsp3) is 0.750. The lowest BCUT2D eigenvalue weighted by molar-refractivity contribution is 0.115. The zero-order valence-corrected chi connectivity index (χ0v) is 13.8. The molecule has 5 nitrogen and oxygen atoms in total. The van der Waals surface area contributed by atoms with Crippen LogP contribution in [0.4, 0.5) is 11.6 Å². The van der Waals surface area contributed by atoms with Crippen molar-refractivity contribution in [3.63, 3.8) is 0 Å². The Kier molecular flexibility index (Phi) is 5.79. The van der Waals surface area contributed by atoms with Crippen LogP contribution in [-0.4, -0.2) is 42.3 Å². The van der Waals surface area contributed by atoms with E-state index in [0.29, 0.717) is 6.10 Å². The van der Waals surface area contributed by atoms with E-state index in [9.17, 15) is 0 Å². The molecule has 0 radical (unpaired) electrons. The largest absolute Gasteiger partial charge is 0.376 e. The first-order valence-corrected chi connectivity index (χ1v) is 8.11. The van der Waals surface area contributed by atoms with Crippen molar-refractivity contribution in [3.8, 4) is 0 Å². The zero-order chi connectivity index (χ0) is 15.2. The summed E-state index contributed by atoms with van der Waals surface area (Å²) in [5.74, 6) is 2.82. The van der Waals surface area contributed by atoms with Gasteiger partial charge >= 0.3 is 0 Å². The van der Waals surface area contributed by atoms with Gasteiger partial charge in [-0.25, -0.2) is 9.97 Å². The van der Waals surface area contributed by atoms with Gasteiger partial charge in [0.05, 0.1) is 6.10 Å². The minimum Gasteiger partial charge on any atom is -0.376 e. The molecular weight excluding hydrogens is 264 g/mol. The summed E-state index contributed by atoms with van der Waals surface area (Å²) in [6.45, 7) is 12.1. The van der Waals surface area contributed by atoms with Gasteiger partial charge < -0.3 is 15.0 Å². The molecule has 1 aromatic rings. The van der Waals surface area contributed by atoms with E-state index in [0.717, 1.165) is 62.1 Å². The summed E-state index contributed by atoms with van der Waals surface area (Å²) in [5, 5.41) is 3.41. The van der Waals surface area contributed by atoms with E-state index >= 15 is 0 Å². The second-order valence-electron chi connectivity index (χ2n) is 5.67. The number of hydrogen-bond acceptors (Lipinski definition) is 5. The van der Waals surface area contributed by atoms with Gasteiger partial charge in [0.2, 0.25) is 0 Å². The Labute approximate surface area is 128 Å². The molecule has 118 valence electrons. The molecule has 1 saturated heterocycles. The third-order valence-electron chi connectivity index (χ3n) is 3.90. The van der Waals surface area contributed by atoms with Crippen molar-refractivity contribution in [1.82, 2.24) is 9.97 Å². The first-order valence-electron chi connectivity index (χ1n) is 8.11. The Hall–Kier alpha value is -1.36. The van der Waals surface area contributed by atoms with Crippen LogP contribution in [0.15, 0.2) is 0 Å². The van der Waals surface area contributed by atoms with Crippen LogP contribution in [0.25, 0.3) is 0 Å². The normalized spacial score (nSPS) is 18.0. The van der Waals surface area contributed by atoms with Gasteiger partial charge in [0.1, 0.15) is 17.5 Å². The van der Waals surface area contributed by atoms with E-state index in [2.05, 4.69) is 41.0 Å². The molecule has 2 heterocycles. The molecule has 0 saturated carbocycles. The lowest BCUT2D eigenvalue weighted by Gasteiger charge is -2.27. The number of hydrogen-bond donors (Lipinski definition) is 1. The van der Waals surface area contributed by atoms with Crippen LogP contribution in [0.2, 0.25) is 0 Å². The van der Waals surface area contributed by atoms with E-state index in [-0.39, 0.29) is 0 Å². The van der Waals surface area contributed by atoms with E-state index in [1.165, 1.54) is 6.42 Å². The molecule has 21 heavy (non-hydrogen) atoms. The van der Waals surface area contributed by atoms with Crippen LogP contribution in [0.5, 0.6) is 0 Å². The van der Waals surface area contributed by atoms with Crippen molar-refractivity contribution in [2.45, 2.75) is 53.1 Å². The highest BCUT2D eigenvalue weighted by atomic mass is 16.5. The van der Waals surface area contributed by atoms with Gasteiger partial charge in [-0.05, 0) is 40.0 Å². The van der Waals surface area contributed by atoms with Crippen molar-refractivity contribution >= 4 is 11.6 Å². The molecular formula is C16H28N4O. The molecule has 0 amide bonds. The van der Waals surface area contributed by atoms with Crippen LogP contribution < -0.4 is 10.2 Å². The Bertz CT molecular complexity index is 458. The van der Waals surface area contributed by atoms with Gasteiger partial charge in [-0.1, -0.05) is 6.92 Å². The van der Waals surface area contributed by atoms with Gasteiger partial charge in [-0.3, -0.25) is 0 Å². The second-order valence-corrected chi connectivity index (χ2v) is 5.67. The first kappa shape index (κ1) is 16.0. The number of aryl methyl sites for hydroxylation is 1. The van der Waals surface area contributed by atoms with Crippen LogP contribution in [0.3, 0.4) is 0 Å². The maximum absolute atomic E-state index is 5.77. The SMILES string of the molecule is CCCNc1nc(C)nc(N(CC)CC2CCCO2)c1C. The molecule has 2 rings (SSSR count). The standard InChI is InChI=1S/C16H28N4O/c1-5-9-17-15-12(3)16(19-13(4)18-15)20(6-2)11-14-8-7-10-21-14/h14H,5-11H2,1-4H3,(H,17,18,19). The van der Waals surface area contributed by atoms with Crippen LogP contribution in [0.1, 0.15) is 44.5 Å². The smallest absolute Gasteiger partial charge is 0.137 e. The van der Waals surface area contributed by atoms with Gasteiger partial charge in [-0.15, -0.1) is 0 Å². The summed E-state index contributed by atoms with van der Waals surface area (Å²) in [6.07, 6.45) is 3.76. The number of rotatable bonds is 7. The van der Waals surface area contributed by atoms with Crippen molar-refractivity contribution in [1.29, 1.82) is 0 Å². The maximum Gasteiger partial charge on any atom is 0.137 e. The highest BCUT2D eigenvalue weighted by molar-refractivity contribution is 5.58. The van der Waals surface area contributed by atoms with Crippen molar-refractivity contribution < 1.29 is 4.74 Å². The zero-order valence-electron chi connectivity index (χ0n) is 13.8. The summed E-state index contributed by atoms with van der Waals surface area (Å²) in [5.41, 5.74) is 1.13. The number of anilines is 2. The maximum atomic E-state index is 5.77. The minimum atomic E-state index is 0.340. The van der Waals surface area contributed by atoms with E-state index in [4.69, 9.17) is 4.74 Å². The molecule has 1 N–H and O–H groups in total. The topological polar surface area (TPSA) is 50.3 Å². The van der Waals surface area contributed by atoms with E-state index in [1.807, 2.05) is 6.92 Å². The summed E-state index contributed by atoms with van der Waals surface area (Å²) in [6, 6.07) is 0. The molecule has 1 aliphatic heterocycles. The molecule has 0 spiro atoms. The predicted molar refractivity (Wildman–Crippen MR) is 87.1 cm³/mol. The highest BCUT2D eigenvalue weighted by Crippen LogP contribution is 2.25. The lowest BCUT2D eigenvalue weighted by atomic mass is 10.2. The lowest BCUT2D eigenvalue weighted by Crippen LogP contribution is -2.33. The Balaban J connectivity index is 2.20. The van der Waals surface area contributed by atoms with Gasteiger partial charge in [0.25, 0.3) is 0 Å². The molecule has 1 unspecified atom stereocenters. The minimum absolute atomic E-state index is 0.340. The number of nitrogens with one attached hydrogen (secondary N) is 1. The summed E-state index contributed by atoms with van der Waals surface area (Å²) in [4.78, 5) is 11.5. The average Bonchev–Trinajstić information content (AvgIpc) is 2.98. The average molecular weight is 292 g/mol. The van der Waals surface area contributed by atoms with Crippen LogP contribution >= 0.6 is 0 Å². The van der Waals surface area contributed by atoms with Crippen LogP contribution in [-0.2, 0) is 4.74 Å². The summed E-state index contributed by atoms with van der Waals surface area (Å²) < 4.78 is 5.77. The quantitative estimate of drug-likeness (QED) is 0.837. The highest BCUT2D eigenvalue weighted by Gasteiger charge is 2.21. The molecule has 0 aromatic carbocycles. The molecule has 1 fully saturated rings. The van der Waals surface area contributed by atoms with Crippen molar-refractivity contribution in [2.24, 2.45) is 0 Å². The number of nitrogens with zero attached hydrogens (tertiary/aromatic N) is 3. The van der Waals surface area contributed by atoms with Crippen molar-refractivity contribution in [3.05, 3.63) is 11.4 Å². The number of ether oxygens (including phenoxy) is 1. The fourth-order valence-corrected chi connectivity index (χ4v) is 2.74. The molecule has 1 atom stereocenters. The molecule has 0 aliphatic carbocycles. The van der Waals surface area contributed by atoms with Crippen molar-refractivity contribution in [2.75, 3.05) is 36.5 Å². The fourth-order valence-electron chi connectivity index (χ4n) is 2.74. The van der Waals surface area contributed by atoms with E-state index in [1.54, 1.807) is 0 Å². The third-order valence-corrected chi connectivity index (χ3v) is 3.90. The summed E-state index contributed by atoms with van der Waals surface area (Å²) in [7, 11) is 0. The molecule has 5 heteroatoms. The molecule has 1 aromatic heterocycles. The van der Waals surface area contributed by atoms with Gasteiger partial charge in [0, 0.05) is 31.8 Å². The molecule has 1 aliphatic rings. The molecule has 0 bridgehead atoms. The predicted octanol–water partition coefficient (Wildman–Crippen LogP) is 2.92. The number of aromatic nitrogens is 2. The Morgan fingerprint density at radius 1 is 1.29 bits per heavy atom. The Morgan fingerprint density at radius 3 is 2.71 bits per heavy atom. The third kappa shape index (κ3) is 4.06.